The van der Waals surface area contributed by atoms with E-state index in [0.717, 1.165) is 75.5 Å². The Morgan fingerprint density at radius 1 is 0.447 bits per heavy atom. The van der Waals surface area contributed by atoms with E-state index in [-0.39, 0.29) is 0 Å². The zero-order chi connectivity index (χ0) is 30.9. The highest BCUT2D eigenvalue weighted by atomic mass is 32.1. The molecule has 0 spiro atoms. The molecule has 0 fully saturated rings. The summed E-state index contributed by atoms with van der Waals surface area (Å²) in [5, 5.41) is 4.36. The molecule has 0 saturated heterocycles. The van der Waals surface area contributed by atoms with Crippen molar-refractivity contribution < 1.29 is 8.83 Å². The van der Waals surface area contributed by atoms with Gasteiger partial charge in [0.15, 0.2) is 23.1 Å². The van der Waals surface area contributed by atoms with Gasteiger partial charge in [-0.05, 0) is 48.5 Å². The SMILES string of the molecule is c1ccc(-c2nc(-c3cccc4c3oc3ccccc34)nc(-c3cccc4c3sc3ccc(-c5nc6ccccc6o5)cc34)n2)cc1. The third kappa shape index (κ3) is 4.17. The number of aromatic nitrogens is 4. The molecule has 0 aliphatic rings. The fourth-order valence-electron chi connectivity index (χ4n) is 6.36. The smallest absolute Gasteiger partial charge is 0.227 e. The van der Waals surface area contributed by atoms with Crippen LogP contribution in [0.4, 0.5) is 0 Å². The fraction of sp³-hybridized carbons (Fsp3) is 0. The number of oxazole rings is 1. The molecule has 4 heterocycles. The molecule has 6 aromatic carbocycles. The molecule has 220 valence electrons. The Morgan fingerprint density at radius 2 is 1.15 bits per heavy atom. The van der Waals surface area contributed by atoms with Crippen LogP contribution in [0.2, 0.25) is 0 Å². The Labute approximate surface area is 271 Å². The minimum Gasteiger partial charge on any atom is -0.455 e. The Bertz CT molecular complexity index is 2780. The maximum Gasteiger partial charge on any atom is 0.227 e. The van der Waals surface area contributed by atoms with Crippen LogP contribution in [0.5, 0.6) is 0 Å². The van der Waals surface area contributed by atoms with Crippen LogP contribution in [0.3, 0.4) is 0 Å². The molecule has 6 nitrogen and oxygen atoms in total. The number of thiophene rings is 1. The van der Waals surface area contributed by atoms with E-state index in [0.29, 0.717) is 23.4 Å². The number of rotatable bonds is 4. The minimum atomic E-state index is 0.565. The summed E-state index contributed by atoms with van der Waals surface area (Å²) in [6.07, 6.45) is 0. The molecular weight excluding hydrogens is 601 g/mol. The number of para-hydroxylation sites is 4. The van der Waals surface area contributed by atoms with Gasteiger partial charge in [0.25, 0.3) is 0 Å². The second-order valence-electron chi connectivity index (χ2n) is 11.4. The zero-order valence-electron chi connectivity index (χ0n) is 24.7. The standard InChI is InChI=1S/C40H22N4O2S/c1-2-10-23(11-3-1)37-42-38(28-15-8-13-26-25-12-4-6-18-32(25)45-35(26)28)44-39(43-37)29-16-9-14-27-30-22-24(20-21-34(30)47-36(27)29)40-41-31-17-5-7-19-33(31)46-40/h1-22H. The lowest BCUT2D eigenvalue weighted by atomic mass is 10.1. The third-order valence-corrected chi connectivity index (χ3v) is 9.81. The number of hydrogen-bond donors (Lipinski definition) is 0. The normalized spacial score (nSPS) is 11.8. The van der Waals surface area contributed by atoms with Crippen molar-refractivity contribution in [3.05, 3.63) is 133 Å². The highest BCUT2D eigenvalue weighted by Crippen LogP contribution is 2.42. The summed E-state index contributed by atoms with van der Waals surface area (Å²) in [6, 6.07) is 44.8. The second-order valence-corrected chi connectivity index (χ2v) is 12.5. The number of fused-ring (bicyclic) bond motifs is 7. The summed E-state index contributed by atoms with van der Waals surface area (Å²) in [4.78, 5) is 19.9. The monoisotopic (exact) mass is 622 g/mol. The summed E-state index contributed by atoms with van der Waals surface area (Å²) in [5.41, 5.74) is 6.84. The molecule has 0 amide bonds. The molecule has 47 heavy (non-hydrogen) atoms. The van der Waals surface area contributed by atoms with Crippen molar-refractivity contribution in [3.63, 3.8) is 0 Å². The average molecular weight is 623 g/mol. The van der Waals surface area contributed by atoms with Gasteiger partial charge in [-0.3, -0.25) is 0 Å². The first-order valence-electron chi connectivity index (χ1n) is 15.3. The molecule has 0 aliphatic carbocycles. The van der Waals surface area contributed by atoms with Crippen LogP contribution in [-0.2, 0) is 0 Å². The Hall–Kier alpha value is -6.18. The largest absolute Gasteiger partial charge is 0.455 e. The van der Waals surface area contributed by atoms with Crippen molar-refractivity contribution in [2.75, 3.05) is 0 Å². The summed E-state index contributed by atoms with van der Waals surface area (Å²) >= 11 is 1.73. The molecule has 0 atom stereocenters. The van der Waals surface area contributed by atoms with Gasteiger partial charge < -0.3 is 8.83 Å². The van der Waals surface area contributed by atoms with Gasteiger partial charge in [0.05, 0.1) is 5.56 Å². The fourth-order valence-corrected chi connectivity index (χ4v) is 7.55. The van der Waals surface area contributed by atoms with E-state index in [2.05, 4.69) is 48.5 Å². The third-order valence-electron chi connectivity index (χ3n) is 8.59. The molecule has 0 N–H and O–H groups in total. The van der Waals surface area contributed by atoms with Gasteiger partial charge in [0.1, 0.15) is 16.7 Å². The van der Waals surface area contributed by atoms with Crippen LogP contribution in [0.1, 0.15) is 0 Å². The lowest BCUT2D eigenvalue weighted by Crippen LogP contribution is -2.00. The molecule has 0 saturated carbocycles. The minimum absolute atomic E-state index is 0.565. The molecule has 0 bridgehead atoms. The second kappa shape index (κ2) is 10.2. The Morgan fingerprint density at radius 3 is 2.02 bits per heavy atom. The number of benzene rings is 6. The lowest BCUT2D eigenvalue weighted by molar-refractivity contribution is 0.620. The van der Waals surface area contributed by atoms with E-state index in [4.69, 9.17) is 28.8 Å². The molecule has 0 aliphatic heterocycles. The maximum atomic E-state index is 6.40. The van der Waals surface area contributed by atoms with Gasteiger partial charge in [0, 0.05) is 47.6 Å². The van der Waals surface area contributed by atoms with Gasteiger partial charge in [-0.1, -0.05) is 84.9 Å². The van der Waals surface area contributed by atoms with Crippen LogP contribution >= 0.6 is 11.3 Å². The van der Waals surface area contributed by atoms with Gasteiger partial charge in [0.2, 0.25) is 5.89 Å². The predicted molar refractivity (Wildman–Crippen MR) is 189 cm³/mol. The molecule has 10 rings (SSSR count). The Balaban J connectivity index is 1.18. The highest BCUT2D eigenvalue weighted by molar-refractivity contribution is 7.26. The van der Waals surface area contributed by atoms with E-state index in [1.165, 1.54) is 0 Å². The predicted octanol–water partition coefficient (Wildman–Crippen LogP) is 10.9. The molecule has 4 aromatic heterocycles. The number of hydrogen-bond acceptors (Lipinski definition) is 7. The first kappa shape index (κ1) is 26.1. The van der Waals surface area contributed by atoms with Crippen LogP contribution < -0.4 is 0 Å². The first-order valence-corrected chi connectivity index (χ1v) is 16.1. The zero-order valence-corrected chi connectivity index (χ0v) is 25.5. The Kier molecular flexibility index (Phi) is 5.64. The quantitative estimate of drug-likeness (QED) is 0.194. The molecule has 0 unspecified atom stereocenters. The molecule has 10 aromatic rings. The van der Waals surface area contributed by atoms with E-state index < -0.39 is 0 Å². The first-order chi connectivity index (χ1) is 23.3. The van der Waals surface area contributed by atoms with Crippen LogP contribution in [0, 0.1) is 0 Å². The topological polar surface area (TPSA) is 77.8 Å². The lowest BCUT2D eigenvalue weighted by Gasteiger charge is -2.09. The van der Waals surface area contributed by atoms with Crippen molar-refractivity contribution >= 4 is 64.5 Å². The summed E-state index contributed by atoms with van der Waals surface area (Å²) in [7, 11) is 0. The highest BCUT2D eigenvalue weighted by Gasteiger charge is 2.20. The van der Waals surface area contributed by atoms with Gasteiger partial charge in [-0.25, -0.2) is 19.9 Å². The van der Waals surface area contributed by atoms with E-state index >= 15 is 0 Å². The average Bonchev–Trinajstić information content (AvgIpc) is 3.85. The molecular formula is C40H22N4O2S. The van der Waals surface area contributed by atoms with Crippen LogP contribution in [0.25, 0.3) is 98.8 Å². The van der Waals surface area contributed by atoms with Crippen molar-refractivity contribution in [1.29, 1.82) is 0 Å². The molecule has 0 radical (unpaired) electrons. The summed E-state index contributed by atoms with van der Waals surface area (Å²) in [5.74, 6) is 2.39. The van der Waals surface area contributed by atoms with E-state index in [1.54, 1.807) is 11.3 Å². The van der Waals surface area contributed by atoms with Gasteiger partial charge in [-0.15, -0.1) is 11.3 Å². The molecule has 7 heteroatoms. The van der Waals surface area contributed by atoms with Gasteiger partial charge >= 0.3 is 0 Å². The van der Waals surface area contributed by atoms with Crippen molar-refractivity contribution in [2.24, 2.45) is 0 Å². The number of nitrogens with zero attached hydrogens (tertiary/aromatic N) is 4. The summed E-state index contributed by atoms with van der Waals surface area (Å²) in [6.45, 7) is 0. The summed E-state index contributed by atoms with van der Waals surface area (Å²) < 4.78 is 14.8. The van der Waals surface area contributed by atoms with Crippen molar-refractivity contribution in [1.82, 2.24) is 19.9 Å². The van der Waals surface area contributed by atoms with Gasteiger partial charge in [-0.2, -0.15) is 0 Å². The van der Waals surface area contributed by atoms with E-state index in [9.17, 15) is 0 Å². The maximum absolute atomic E-state index is 6.40. The van der Waals surface area contributed by atoms with Crippen LogP contribution in [0.15, 0.2) is 142 Å². The van der Waals surface area contributed by atoms with Crippen molar-refractivity contribution in [3.8, 4) is 45.6 Å². The van der Waals surface area contributed by atoms with Crippen molar-refractivity contribution in [2.45, 2.75) is 0 Å². The van der Waals surface area contributed by atoms with Crippen LogP contribution in [-0.4, -0.2) is 19.9 Å². The van der Waals surface area contributed by atoms with E-state index in [1.807, 2.05) is 84.9 Å². The number of furan rings is 1.